The molecule has 8 heteroatoms. The van der Waals surface area contributed by atoms with Crippen molar-refractivity contribution in [3.8, 4) is 0 Å². The van der Waals surface area contributed by atoms with E-state index in [9.17, 15) is 14.7 Å². The van der Waals surface area contributed by atoms with E-state index in [0.29, 0.717) is 5.95 Å². The first-order valence-electron chi connectivity index (χ1n) is 7.13. The Balaban J connectivity index is 2.28. The van der Waals surface area contributed by atoms with Crippen LogP contribution in [0.25, 0.3) is 11.2 Å². The van der Waals surface area contributed by atoms with Crippen molar-refractivity contribution >= 4 is 22.8 Å². The van der Waals surface area contributed by atoms with Gasteiger partial charge in [0.2, 0.25) is 5.95 Å². The minimum atomic E-state index is -0.442. The molecule has 2 aromatic heterocycles. The zero-order chi connectivity index (χ0) is 16.6. The number of nitrogens with one attached hydrogen (secondary N) is 1. The fourth-order valence-corrected chi connectivity index (χ4v) is 2.51. The molecule has 0 spiro atoms. The van der Waals surface area contributed by atoms with E-state index in [1.807, 2.05) is 30.3 Å². The molecule has 120 valence electrons. The van der Waals surface area contributed by atoms with Gasteiger partial charge in [-0.05, 0) is 12.1 Å². The quantitative estimate of drug-likeness (QED) is 0.716. The third-order valence-corrected chi connectivity index (χ3v) is 3.70. The zero-order valence-corrected chi connectivity index (χ0v) is 12.9. The molecule has 0 fully saturated rings. The summed E-state index contributed by atoms with van der Waals surface area (Å²) in [6.45, 7) is 0.0417. The van der Waals surface area contributed by atoms with Crippen molar-refractivity contribution in [2.45, 2.75) is 6.54 Å². The first-order chi connectivity index (χ1) is 11.0. The molecule has 0 saturated heterocycles. The number of aliphatic hydroxyl groups is 1. The molecule has 0 radical (unpaired) electrons. The van der Waals surface area contributed by atoms with E-state index in [0.717, 1.165) is 10.3 Å². The van der Waals surface area contributed by atoms with Crippen LogP contribution in [-0.4, -0.2) is 30.4 Å². The molecule has 3 rings (SSSR count). The molecule has 0 saturated carbocycles. The highest BCUT2D eigenvalue weighted by molar-refractivity contribution is 5.75. The van der Waals surface area contributed by atoms with E-state index < -0.39 is 11.2 Å². The Morgan fingerprint density at radius 3 is 2.48 bits per heavy atom. The molecule has 0 aliphatic carbocycles. The molecule has 8 nitrogen and oxygen atoms in total. The lowest BCUT2D eigenvalue weighted by Gasteiger charge is -2.09. The second kappa shape index (κ2) is 5.73. The highest BCUT2D eigenvalue weighted by Crippen LogP contribution is 2.19. The largest absolute Gasteiger partial charge is 0.395 e. The lowest BCUT2D eigenvalue weighted by Crippen LogP contribution is -2.37. The average Bonchev–Trinajstić information content (AvgIpc) is 2.91. The number of fused-ring (bicyclic) bond motifs is 1. The van der Waals surface area contributed by atoms with Crippen molar-refractivity contribution in [1.29, 1.82) is 0 Å². The average molecular weight is 315 g/mol. The van der Waals surface area contributed by atoms with Crippen LogP contribution in [0, 0.1) is 0 Å². The lowest BCUT2D eigenvalue weighted by molar-refractivity contribution is 0.278. The number of aryl methyl sites for hydroxylation is 1. The SMILES string of the molecule is Cn1c(=O)c2c(nc(Nc3ccccc3)n2CCO)n(C)c1=O. The fraction of sp³-hybridized carbons (Fsp3) is 0.267. The predicted octanol–water partition coefficient (Wildman–Crippen LogP) is 0.170. The number of para-hydroxylation sites is 1. The van der Waals surface area contributed by atoms with Crippen molar-refractivity contribution in [2.75, 3.05) is 11.9 Å². The summed E-state index contributed by atoms with van der Waals surface area (Å²) >= 11 is 0. The summed E-state index contributed by atoms with van der Waals surface area (Å²) < 4.78 is 3.94. The van der Waals surface area contributed by atoms with Crippen LogP contribution in [0.3, 0.4) is 0 Å². The van der Waals surface area contributed by atoms with E-state index in [-0.39, 0.29) is 24.3 Å². The normalized spacial score (nSPS) is 11.1. The van der Waals surface area contributed by atoms with Crippen LogP contribution in [0.15, 0.2) is 39.9 Å². The Labute approximate surface area is 131 Å². The number of rotatable bonds is 4. The van der Waals surface area contributed by atoms with Crippen LogP contribution >= 0.6 is 0 Å². The number of hydrogen-bond donors (Lipinski definition) is 2. The molecule has 3 aromatic rings. The minimum Gasteiger partial charge on any atom is -0.395 e. The van der Waals surface area contributed by atoms with E-state index in [4.69, 9.17) is 0 Å². The second-order valence-electron chi connectivity index (χ2n) is 5.18. The van der Waals surface area contributed by atoms with Gasteiger partial charge in [0, 0.05) is 26.3 Å². The minimum absolute atomic E-state index is 0.152. The van der Waals surface area contributed by atoms with Crippen molar-refractivity contribution in [1.82, 2.24) is 18.7 Å². The van der Waals surface area contributed by atoms with Gasteiger partial charge in [-0.1, -0.05) is 18.2 Å². The summed E-state index contributed by atoms with van der Waals surface area (Å²) in [6, 6.07) is 9.35. The van der Waals surface area contributed by atoms with Gasteiger partial charge in [0.05, 0.1) is 6.61 Å². The maximum Gasteiger partial charge on any atom is 0.332 e. The monoisotopic (exact) mass is 315 g/mol. The number of aliphatic hydroxyl groups excluding tert-OH is 1. The first-order valence-corrected chi connectivity index (χ1v) is 7.13. The van der Waals surface area contributed by atoms with Gasteiger partial charge in [-0.15, -0.1) is 0 Å². The number of aromatic nitrogens is 4. The molecule has 2 heterocycles. The summed E-state index contributed by atoms with van der Waals surface area (Å²) in [5.41, 5.74) is 0.475. The zero-order valence-electron chi connectivity index (χ0n) is 12.9. The third-order valence-electron chi connectivity index (χ3n) is 3.70. The second-order valence-corrected chi connectivity index (χ2v) is 5.18. The molecular weight excluding hydrogens is 298 g/mol. The van der Waals surface area contributed by atoms with Gasteiger partial charge in [-0.25, -0.2) is 4.79 Å². The van der Waals surface area contributed by atoms with E-state index in [1.54, 1.807) is 11.6 Å². The summed E-state index contributed by atoms with van der Waals surface area (Å²) in [5.74, 6) is 0.401. The Bertz CT molecular complexity index is 969. The highest BCUT2D eigenvalue weighted by Gasteiger charge is 2.18. The van der Waals surface area contributed by atoms with Gasteiger partial charge in [0.1, 0.15) is 0 Å². The van der Waals surface area contributed by atoms with Gasteiger partial charge >= 0.3 is 5.69 Å². The van der Waals surface area contributed by atoms with Gasteiger partial charge in [-0.2, -0.15) is 4.98 Å². The Morgan fingerprint density at radius 2 is 1.83 bits per heavy atom. The summed E-state index contributed by atoms with van der Waals surface area (Å²) in [6.07, 6.45) is 0. The first kappa shape index (κ1) is 15.0. The van der Waals surface area contributed by atoms with Crippen LogP contribution in [0.2, 0.25) is 0 Å². The van der Waals surface area contributed by atoms with Crippen LogP contribution in [-0.2, 0) is 20.6 Å². The van der Waals surface area contributed by atoms with Crippen molar-refractivity contribution in [3.63, 3.8) is 0 Å². The molecule has 0 bridgehead atoms. The van der Waals surface area contributed by atoms with E-state index >= 15 is 0 Å². The summed E-state index contributed by atoms with van der Waals surface area (Å²) in [4.78, 5) is 28.9. The lowest BCUT2D eigenvalue weighted by atomic mass is 10.3. The van der Waals surface area contributed by atoms with Crippen molar-refractivity contribution in [3.05, 3.63) is 51.2 Å². The molecule has 0 atom stereocenters. The fourth-order valence-electron chi connectivity index (χ4n) is 2.51. The topological polar surface area (TPSA) is 94.1 Å². The molecule has 0 amide bonds. The molecule has 2 N–H and O–H groups in total. The van der Waals surface area contributed by atoms with Gasteiger partial charge < -0.3 is 15.0 Å². The Hall–Kier alpha value is -2.87. The number of anilines is 2. The van der Waals surface area contributed by atoms with Crippen LogP contribution in [0.1, 0.15) is 0 Å². The molecular formula is C15H17N5O3. The predicted molar refractivity (Wildman–Crippen MR) is 87.0 cm³/mol. The van der Waals surface area contributed by atoms with E-state index in [1.165, 1.54) is 11.6 Å². The van der Waals surface area contributed by atoms with Crippen LogP contribution < -0.4 is 16.6 Å². The molecule has 0 aliphatic rings. The van der Waals surface area contributed by atoms with Gasteiger partial charge in [0.25, 0.3) is 5.56 Å². The smallest absolute Gasteiger partial charge is 0.332 e. The highest BCUT2D eigenvalue weighted by atomic mass is 16.3. The van der Waals surface area contributed by atoms with E-state index in [2.05, 4.69) is 10.3 Å². The molecule has 1 aromatic carbocycles. The number of imidazole rings is 1. The maximum absolute atomic E-state index is 12.4. The molecule has 0 unspecified atom stereocenters. The number of nitrogens with zero attached hydrogens (tertiary/aromatic N) is 4. The summed E-state index contributed by atoms with van der Waals surface area (Å²) in [7, 11) is 2.98. The molecule has 23 heavy (non-hydrogen) atoms. The standard InChI is InChI=1S/C15H17N5O3/c1-18-12-11(13(22)19(2)15(18)23)20(8-9-21)14(17-12)16-10-6-4-3-5-7-10/h3-7,21H,8-9H2,1-2H3,(H,16,17). The van der Waals surface area contributed by atoms with Crippen molar-refractivity contribution in [2.24, 2.45) is 14.1 Å². The maximum atomic E-state index is 12.4. The molecule has 0 aliphatic heterocycles. The van der Waals surface area contributed by atoms with Gasteiger partial charge in [-0.3, -0.25) is 13.9 Å². The Kier molecular flexibility index (Phi) is 3.75. The summed E-state index contributed by atoms with van der Waals surface area (Å²) in [5, 5.41) is 12.4. The van der Waals surface area contributed by atoms with Gasteiger partial charge in [0.15, 0.2) is 11.2 Å². The van der Waals surface area contributed by atoms with Crippen LogP contribution in [0.5, 0.6) is 0 Å². The third kappa shape index (κ3) is 2.42. The van der Waals surface area contributed by atoms with Crippen LogP contribution in [0.4, 0.5) is 11.6 Å². The Morgan fingerprint density at radius 1 is 1.13 bits per heavy atom. The van der Waals surface area contributed by atoms with Crippen molar-refractivity contribution < 1.29 is 5.11 Å². The number of hydrogen-bond acceptors (Lipinski definition) is 5. The number of benzene rings is 1.